The monoisotopic (exact) mass is 202 g/mol. The zero-order valence-corrected chi connectivity index (χ0v) is 7.29. The first-order chi connectivity index (χ1) is 6.45. The van der Waals surface area contributed by atoms with Crippen molar-refractivity contribution in [3.8, 4) is 5.75 Å². The highest BCUT2D eigenvalue weighted by Gasteiger charge is 2.23. The van der Waals surface area contributed by atoms with E-state index in [1.54, 1.807) is 0 Å². The molecule has 0 saturated carbocycles. The van der Waals surface area contributed by atoms with Crippen LogP contribution in [0.2, 0.25) is 0 Å². The molecule has 4 nitrogen and oxygen atoms in total. The molecule has 0 aromatic carbocycles. The van der Waals surface area contributed by atoms with Crippen molar-refractivity contribution in [1.82, 2.24) is 4.98 Å². The number of pyridine rings is 1. The van der Waals surface area contributed by atoms with Crippen molar-refractivity contribution >= 4 is 5.91 Å². The summed E-state index contributed by atoms with van der Waals surface area (Å²) in [6.45, 7) is 1.31. The highest BCUT2D eigenvalue weighted by Crippen LogP contribution is 2.30. The molecule has 0 bridgehead atoms. The maximum Gasteiger partial charge on any atom is 0.266 e. The van der Waals surface area contributed by atoms with Crippen molar-refractivity contribution in [3.05, 3.63) is 23.0 Å². The Balaban J connectivity index is 3.50. The Hall–Kier alpha value is -1.72. The summed E-state index contributed by atoms with van der Waals surface area (Å²) in [5.41, 5.74) is 3.66. The van der Waals surface area contributed by atoms with Gasteiger partial charge in [0.25, 0.3) is 12.3 Å². The summed E-state index contributed by atoms with van der Waals surface area (Å²) in [6, 6.07) is 0. The lowest BCUT2D eigenvalue weighted by atomic mass is 10.1. The molecule has 3 N–H and O–H groups in total. The molecular weight excluding hydrogens is 194 g/mol. The van der Waals surface area contributed by atoms with Gasteiger partial charge in [-0.05, 0) is 6.92 Å². The molecule has 0 radical (unpaired) electrons. The molecule has 0 aliphatic heterocycles. The number of rotatable bonds is 2. The molecule has 1 heterocycles. The SMILES string of the molecule is Cc1ncc(O)c(C(N)=O)c1C(F)F. The third kappa shape index (κ3) is 1.63. The fourth-order valence-electron chi connectivity index (χ4n) is 1.14. The van der Waals surface area contributed by atoms with Gasteiger partial charge in [0, 0.05) is 5.69 Å². The Kier molecular flexibility index (Phi) is 2.64. The van der Waals surface area contributed by atoms with Crippen molar-refractivity contribution in [3.63, 3.8) is 0 Å². The van der Waals surface area contributed by atoms with Gasteiger partial charge >= 0.3 is 0 Å². The van der Waals surface area contributed by atoms with Crippen LogP contribution in [0.4, 0.5) is 8.78 Å². The number of aromatic nitrogens is 1. The molecule has 0 aliphatic rings. The molecule has 14 heavy (non-hydrogen) atoms. The van der Waals surface area contributed by atoms with Crippen LogP contribution >= 0.6 is 0 Å². The molecule has 1 aromatic rings. The lowest BCUT2D eigenvalue weighted by molar-refractivity contribution is 0.0981. The summed E-state index contributed by atoms with van der Waals surface area (Å²) >= 11 is 0. The highest BCUT2D eigenvalue weighted by atomic mass is 19.3. The second kappa shape index (κ2) is 3.57. The molecule has 76 valence electrons. The second-order valence-corrected chi connectivity index (χ2v) is 2.68. The van der Waals surface area contributed by atoms with E-state index in [0.717, 1.165) is 6.20 Å². The number of hydrogen-bond acceptors (Lipinski definition) is 3. The van der Waals surface area contributed by atoms with E-state index in [9.17, 15) is 13.6 Å². The summed E-state index contributed by atoms with van der Waals surface area (Å²) in [6.07, 6.45) is -1.97. The van der Waals surface area contributed by atoms with Crippen LogP contribution in [0.3, 0.4) is 0 Å². The maximum atomic E-state index is 12.5. The van der Waals surface area contributed by atoms with Gasteiger partial charge in [-0.2, -0.15) is 0 Å². The predicted octanol–water partition coefficient (Wildman–Crippen LogP) is 1.13. The van der Waals surface area contributed by atoms with Crippen LogP contribution in [-0.4, -0.2) is 16.0 Å². The van der Waals surface area contributed by atoms with E-state index in [-0.39, 0.29) is 5.69 Å². The van der Waals surface area contributed by atoms with Crippen molar-refractivity contribution in [2.24, 2.45) is 5.73 Å². The zero-order valence-electron chi connectivity index (χ0n) is 7.29. The van der Waals surface area contributed by atoms with Crippen LogP contribution < -0.4 is 5.73 Å². The second-order valence-electron chi connectivity index (χ2n) is 2.68. The van der Waals surface area contributed by atoms with Crippen LogP contribution in [0.25, 0.3) is 0 Å². The highest BCUT2D eigenvalue weighted by molar-refractivity contribution is 5.97. The molecule has 0 atom stereocenters. The largest absolute Gasteiger partial charge is 0.505 e. The van der Waals surface area contributed by atoms with Gasteiger partial charge in [-0.1, -0.05) is 0 Å². The standard InChI is InChI=1S/C8H8F2N2O2/c1-3-5(7(9)10)6(8(11)14)4(13)2-12-3/h2,7,13H,1H3,(H2,11,14). The van der Waals surface area contributed by atoms with Gasteiger partial charge in [-0.25, -0.2) is 8.78 Å². The first-order valence-corrected chi connectivity index (χ1v) is 3.71. The first kappa shape index (κ1) is 10.4. The van der Waals surface area contributed by atoms with E-state index in [4.69, 9.17) is 10.8 Å². The normalized spacial score (nSPS) is 10.6. The van der Waals surface area contributed by atoms with Gasteiger partial charge in [0.15, 0.2) is 0 Å². The number of alkyl halides is 2. The topological polar surface area (TPSA) is 76.2 Å². The molecule has 0 saturated heterocycles. The summed E-state index contributed by atoms with van der Waals surface area (Å²) in [5.74, 6) is -1.72. The Bertz CT molecular complexity index is 380. The number of aryl methyl sites for hydroxylation is 1. The quantitative estimate of drug-likeness (QED) is 0.754. The number of carbonyl (C=O) groups is 1. The van der Waals surface area contributed by atoms with E-state index in [0.29, 0.717) is 0 Å². The van der Waals surface area contributed by atoms with Crippen molar-refractivity contribution in [2.75, 3.05) is 0 Å². The molecule has 1 rings (SSSR count). The minimum Gasteiger partial charge on any atom is -0.505 e. The van der Waals surface area contributed by atoms with Crippen LogP contribution in [0, 0.1) is 6.92 Å². The van der Waals surface area contributed by atoms with E-state index in [1.165, 1.54) is 6.92 Å². The number of amides is 1. The first-order valence-electron chi connectivity index (χ1n) is 3.71. The number of halogens is 2. The third-order valence-electron chi connectivity index (χ3n) is 1.76. The Morgan fingerprint density at radius 2 is 2.21 bits per heavy atom. The fourth-order valence-corrected chi connectivity index (χ4v) is 1.14. The van der Waals surface area contributed by atoms with Crippen LogP contribution in [0.1, 0.15) is 28.0 Å². The molecule has 1 aromatic heterocycles. The average molecular weight is 202 g/mol. The van der Waals surface area contributed by atoms with Gasteiger partial charge in [-0.3, -0.25) is 9.78 Å². The van der Waals surface area contributed by atoms with Crippen molar-refractivity contribution < 1.29 is 18.7 Å². The zero-order chi connectivity index (χ0) is 10.9. The van der Waals surface area contributed by atoms with Gasteiger partial charge in [-0.15, -0.1) is 0 Å². The Labute approximate surface area is 78.4 Å². The lowest BCUT2D eigenvalue weighted by Gasteiger charge is -2.09. The Morgan fingerprint density at radius 3 is 2.57 bits per heavy atom. The molecular formula is C8H8F2N2O2. The van der Waals surface area contributed by atoms with Gasteiger partial charge in [0.05, 0.1) is 17.3 Å². The van der Waals surface area contributed by atoms with E-state index in [1.807, 2.05) is 0 Å². The molecule has 0 aliphatic carbocycles. The number of hydrogen-bond donors (Lipinski definition) is 2. The smallest absolute Gasteiger partial charge is 0.266 e. The number of nitrogens with two attached hydrogens (primary N) is 1. The van der Waals surface area contributed by atoms with Gasteiger partial charge < -0.3 is 10.8 Å². The fraction of sp³-hybridized carbons (Fsp3) is 0.250. The van der Waals surface area contributed by atoms with E-state index < -0.39 is 29.2 Å². The third-order valence-corrected chi connectivity index (χ3v) is 1.76. The number of nitrogens with zero attached hydrogens (tertiary/aromatic N) is 1. The summed E-state index contributed by atoms with van der Waals surface area (Å²) in [5, 5.41) is 9.14. The van der Waals surface area contributed by atoms with Crippen molar-refractivity contribution in [1.29, 1.82) is 0 Å². The molecule has 1 amide bonds. The minimum absolute atomic E-state index is 0.0217. The van der Waals surface area contributed by atoms with Crippen molar-refractivity contribution in [2.45, 2.75) is 13.3 Å². The average Bonchev–Trinajstić information content (AvgIpc) is 2.07. The van der Waals surface area contributed by atoms with Gasteiger partial charge in [0.2, 0.25) is 0 Å². The number of carbonyl (C=O) groups excluding carboxylic acids is 1. The number of aromatic hydroxyl groups is 1. The summed E-state index contributed by atoms with van der Waals surface area (Å²) < 4.78 is 24.9. The maximum absolute atomic E-state index is 12.5. The number of primary amides is 1. The van der Waals surface area contributed by atoms with E-state index >= 15 is 0 Å². The van der Waals surface area contributed by atoms with Crippen LogP contribution in [0.5, 0.6) is 5.75 Å². The lowest BCUT2D eigenvalue weighted by Crippen LogP contribution is -2.15. The summed E-state index contributed by atoms with van der Waals surface area (Å²) in [7, 11) is 0. The molecule has 0 fully saturated rings. The van der Waals surface area contributed by atoms with Crippen LogP contribution in [0.15, 0.2) is 6.20 Å². The molecule has 6 heteroatoms. The Morgan fingerprint density at radius 1 is 1.64 bits per heavy atom. The molecule has 0 unspecified atom stereocenters. The predicted molar refractivity (Wildman–Crippen MR) is 44.1 cm³/mol. The molecule has 0 spiro atoms. The minimum atomic E-state index is -2.89. The van der Waals surface area contributed by atoms with Gasteiger partial charge in [0.1, 0.15) is 5.75 Å². The van der Waals surface area contributed by atoms with Crippen LogP contribution in [-0.2, 0) is 0 Å². The summed E-state index contributed by atoms with van der Waals surface area (Å²) in [4.78, 5) is 14.3. The van der Waals surface area contributed by atoms with E-state index in [2.05, 4.69) is 4.98 Å².